The normalized spacial score (nSPS) is 30.6. The lowest BCUT2D eigenvalue weighted by atomic mass is 9.93. The van der Waals surface area contributed by atoms with Crippen LogP contribution in [0.4, 0.5) is 0 Å². The highest BCUT2D eigenvalue weighted by atomic mass is 32.2. The molecule has 13 heavy (non-hydrogen) atoms. The van der Waals surface area contributed by atoms with Gasteiger partial charge in [0, 0.05) is 17.4 Å². The van der Waals surface area contributed by atoms with Crippen LogP contribution in [-0.2, 0) is 0 Å². The van der Waals surface area contributed by atoms with Gasteiger partial charge in [-0.15, -0.1) is 11.8 Å². The van der Waals surface area contributed by atoms with Crippen molar-refractivity contribution in [2.45, 2.75) is 50.8 Å². The van der Waals surface area contributed by atoms with E-state index < -0.39 is 0 Å². The molecule has 1 fully saturated rings. The van der Waals surface area contributed by atoms with Gasteiger partial charge >= 0.3 is 0 Å². The molecule has 0 amide bonds. The van der Waals surface area contributed by atoms with Crippen LogP contribution >= 0.6 is 11.8 Å². The summed E-state index contributed by atoms with van der Waals surface area (Å²) < 4.78 is 0. The summed E-state index contributed by atoms with van der Waals surface area (Å²) in [5.74, 6) is 1.25. The van der Waals surface area contributed by atoms with Gasteiger partial charge in [-0.2, -0.15) is 0 Å². The number of hydrogen-bond donors (Lipinski definition) is 0. The molecule has 1 aliphatic heterocycles. The Hall–Kier alpha value is 0.0200. The zero-order valence-electron chi connectivity index (χ0n) is 8.68. The Bertz CT molecular complexity index is 214. The predicted molar refractivity (Wildman–Crippen MR) is 60.5 cm³/mol. The Labute approximate surface area is 85.4 Å². The molecule has 1 heterocycles. The summed E-state index contributed by atoms with van der Waals surface area (Å²) in [7, 11) is 0. The minimum Gasteiger partial charge on any atom is -0.279 e. The van der Waals surface area contributed by atoms with Gasteiger partial charge in [0.1, 0.15) is 4.87 Å². The maximum atomic E-state index is 4.81. The van der Waals surface area contributed by atoms with E-state index in [2.05, 4.69) is 31.8 Å². The number of nitrogens with zero attached hydrogens (tertiary/aromatic N) is 1. The monoisotopic (exact) mass is 197 g/mol. The van der Waals surface area contributed by atoms with E-state index in [4.69, 9.17) is 4.99 Å². The van der Waals surface area contributed by atoms with Crippen molar-refractivity contribution < 1.29 is 0 Å². The third-order valence-electron chi connectivity index (χ3n) is 3.00. The van der Waals surface area contributed by atoms with Crippen molar-refractivity contribution in [3.8, 4) is 0 Å². The third kappa shape index (κ3) is 2.09. The van der Waals surface area contributed by atoms with Gasteiger partial charge in [-0.05, 0) is 12.8 Å². The van der Waals surface area contributed by atoms with Crippen LogP contribution < -0.4 is 0 Å². The van der Waals surface area contributed by atoms with Crippen molar-refractivity contribution >= 4 is 18.0 Å². The second-order valence-electron chi connectivity index (χ2n) is 5.04. The van der Waals surface area contributed by atoms with Crippen molar-refractivity contribution in [1.29, 1.82) is 0 Å². The SMILES string of the molecule is CC1(C)C=NC2(CCCCC2)SC1. The molecule has 0 saturated heterocycles. The average Bonchev–Trinajstić information content (AvgIpc) is 2.13. The van der Waals surface area contributed by atoms with Crippen LogP contribution in [0.15, 0.2) is 4.99 Å². The van der Waals surface area contributed by atoms with Crippen molar-refractivity contribution in [3.63, 3.8) is 0 Å². The van der Waals surface area contributed by atoms with E-state index in [0.29, 0.717) is 10.3 Å². The molecular weight excluding hydrogens is 178 g/mol. The molecule has 2 rings (SSSR count). The summed E-state index contributed by atoms with van der Waals surface area (Å²) in [5.41, 5.74) is 0.327. The molecule has 0 aromatic rings. The topological polar surface area (TPSA) is 12.4 Å². The standard InChI is InChI=1S/C11H19NS/c1-10(2)8-12-11(13-9-10)6-4-3-5-7-11/h8H,3-7,9H2,1-2H3. The zero-order chi connectivity index (χ0) is 9.36. The predicted octanol–water partition coefficient (Wildman–Crippen LogP) is 3.49. The van der Waals surface area contributed by atoms with Crippen LogP contribution in [0.2, 0.25) is 0 Å². The molecule has 1 saturated carbocycles. The second kappa shape index (κ2) is 3.30. The molecule has 2 heteroatoms. The summed E-state index contributed by atoms with van der Waals surface area (Å²) >= 11 is 2.10. The van der Waals surface area contributed by atoms with Crippen molar-refractivity contribution in [2.24, 2.45) is 10.4 Å². The summed E-state index contributed by atoms with van der Waals surface area (Å²) in [5, 5.41) is 0. The lowest BCUT2D eigenvalue weighted by molar-refractivity contribution is 0.399. The van der Waals surface area contributed by atoms with Gasteiger partial charge in [0.05, 0.1) is 0 Å². The lowest BCUT2D eigenvalue weighted by Gasteiger charge is -2.39. The number of aliphatic imine (C=N–C) groups is 1. The first-order valence-electron chi connectivity index (χ1n) is 5.32. The fourth-order valence-electron chi connectivity index (χ4n) is 2.06. The van der Waals surface area contributed by atoms with Gasteiger partial charge in [0.2, 0.25) is 0 Å². The average molecular weight is 197 g/mol. The lowest BCUT2D eigenvalue weighted by Crippen LogP contribution is -2.34. The summed E-state index contributed by atoms with van der Waals surface area (Å²) in [4.78, 5) is 5.11. The number of rotatable bonds is 0. The molecule has 0 aromatic carbocycles. The van der Waals surface area contributed by atoms with Crippen molar-refractivity contribution in [2.75, 3.05) is 5.75 Å². The van der Waals surface area contributed by atoms with E-state index in [0.717, 1.165) is 0 Å². The minimum absolute atomic E-state index is 0.299. The molecule has 0 aromatic heterocycles. The van der Waals surface area contributed by atoms with Gasteiger partial charge in [-0.3, -0.25) is 4.99 Å². The highest BCUT2D eigenvalue weighted by Gasteiger charge is 2.36. The first-order chi connectivity index (χ1) is 6.12. The Morgan fingerprint density at radius 3 is 2.38 bits per heavy atom. The Morgan fingerprint density at radius 1 is 1.15 bits per heavy atom. The van der Waals surface area contributed by atoms with Gasteiger partial charge in [-0.1, -0.05) is 33.1 Å². The third-order valence-corrected chi connectivity index (χ3v) is 4.94. The van der Waals surface area contributed by atoms with E-state index in [1.54, 1.807) is 0 Å². The summed E-state index contributed by atoms with van der Waals surface area (Å²) in [6.45, 7) is 4.55. The van der Waals surface area contributed by atoms with Crippen LogP contribution in [0.5, 0.6) is 0 Å². The van der Waals surface area contributed by atoms with Gasteiger partial charge < -0.3 is 0 Å². The molecule has 0 bridgehead atoms. The van der Waals surface area contributed by atoms with E-state index >= 15 is 0 Å². The highest BCUT2D eigenvalue weighted by molar-refractivity contribution is 8.00. The van der Waals surface area contributed by atoms with E-state index in [1.165, 1.54) is 37.9 Å². The molecule has 0 radical (unpaired) electrons. The van der Waals surface area contributed by atoms with Crippen molar-refractivity contribution in [3.05, 3.63) is 0 Å². The summed E-state index contributed by atoms with van der Waals surface area (Å²) in [6, 6.07) is 0. The van der Waals surface area contributed by atoms with E-state index in [-0.39, 0.29) is 0 Å². The van der Waals surface area contributed by atoms with Crippen LogP contribution in [0, 0.1) is 5.41 Å². The number of hydrogen-bond acceptors (Lipinski definition) is 2. The molecule has 1 nitrogen and oxygen atoms in total. The molecule has 74 valence electrons. The first-order valence-corrected chi connectivity index (χ1v) is 6.31. The van der Waals surface area contributed by atoms with Gasteiger partial charge in [-0.25, -0.2) is 0 Å². The Kier molecular flexibility index (Phi) is 2.43. The maximum absolute atomic E-state index is 4.81. The molecule has 0 atom stereocenters. The zero-order valence-corrected chi connectivity index (χ0v) is 9.49. The first kappa shape index (κ1) is 9.57. The number of thioether (sulfide) groups is 1. The maximum Gasteiger partial charge on any atom is 0.105 e. The fraction of sp³-hybridized carbons (Fsp3) is 0.909. The molecule has 1 spiro atoms. The van der Waals surface area contributed by atoms with E-state index in [9.17, 15) is 0 Å². The van der Waals surface area contributed by atoms with Crippen LogP contribution in [0.25, 0.3) is 0 Å². The smallest absolute Gasteiger partial charge is 0.105 e. The van der Waals surface area contributed by atoms with Crippen LogP contribution in [-0.4, -0.2) is 16.8 Å². The summed E-state index contributed by atoms with van der Waals surface area (Å²) in [6.07, 6.45) is 9.00. The van der Waals surface area contributed by atoms with Gasteiger partial charge in [0.25, 0.3) is 0 Å². The largest absolute Gasteiger partial charge is 0.279 e. The fourth-order valence-corrected chi connectivity index (χ4v) is 3.48. The minimum atomic E-state index is 0.299. The Balaban J connectivity index is 2.09. The molecular formula is C11H19NS. The van der Waals surface area contributed by atoms with Gasteiger partial charge in [0.15, 0.2) is 0 Å². The molecule has 2 aliphatic rings. The molecule has 0 N–H and O–H groups in total. The Morgan fingerprint density at radius 2 is 1.85 bits per heavy atom. The van der Waals surface area contributed by atoms with Crippen LogP contribution in [0.1, 0.15) is 46.0 Å². The van der Waals surface area contributed by atoms with Crippen LogP contribution in [0.3, 0.4) is 0 Å². The van der Waals surface area contributed by atoms with E-state index in [1.807, 2.05) is 0 Å². The quantitative estimate of drug-likeness (QED) is 0.579. The highest BCUT2D eigenvalue weighted by Crippen LogP contribution is 2.45. The molecule has 1 aliphatic carbocycles. The molecule has 0 unspecified atom stereocenters. The second-order valence-corrected chi connectivity index (χ2v) is 6.38. The van der Waals surface area contributed by atoms with Crippen molar-refractivity contribution in [1.82, 2.24) is 0 Å².